The van der Waals surface area contributed by atoms with Crippen LogP contribution < -0.4 is 5.32 Å². The molecule has 1 N–H and O–H groups in total. The van der Waals surface area contributed by atoms with E-state index in [1.54, 1.807) is 17.9 Å². The van der Waals surface area contributed by atoms with Gasteiger partial charge in [0.05, 0.1) is 24.2 Å². The monoisotopic (exact) mass is 325 g/mol. The SMILES string of the molecule is Cc1c([C@H](C)NC(=O)Cc2cccc(C(F)(F)F)c2)cnn1C. The molecule has 0 radical (unpaired) electrons. The molecule has 1 atom stereocenters. The van der Waals surface area contributed by atoms with Gasteiger partial charge >= 0.3 is 6.18 Å². The zero-order valence-corrected chi connectivity index (χ0v) is 13.1. The molecule has 0 unspecified atom stereocenters. The lowest BCUT2D eigenvalue weighted by Gasteiger charge is -2.14. The predicted molar refractivity (Wildman–Crippen MR) is 79.7 cm³/mol. The molecule has 0 bridgehead atoms. The number of aromatic nitrogens is 2. The third-order valence-corrected chi connectivity index (χ3v) is 3.74. The largest absolute Gasteiger partial charge is 0.416 e. The standard InChI is InChI=1S/C16H18F3N3O/c1-10(14-9-20-22(3)11(14)2)21-15(23)8-12-5-4-6-13(7-12)16(17,18)19/h4-7,9-10H,8H2,1-3H3,(H,21,23)/t10-/m0/s1. The molecule has 0 aliphatic rings. The molecule has 124 valence electrons. The summed E-state index contributed by atoms with van der Waals surface area (Å²) < 4.78 is 39.7. The first-order valence-electron chi connectivity index (χ1n) is 7.12. The van der Waals surface area contributed by atoms with Crippen molar-refractivity contribution >= 4 is 5.91 Å². The van der Waals surface area contributed by atoms with E-state index in [9.17, 15) is 18.0 Å². The molecule has 1 aromatic heterocycles. The van der Waals surface area contributed by atoms with Gasteiger partial charge in [-0.05, 0) is 25.5 Å². The van der Waals surface area contributed by atoms with Gasteiger partial charge in [0.2, 0.25) is 5.91 Å². The molecule has 2 rings (SSSR count). The fourth-order valence-corrected chi connectivity index (χ4v) is 2.35. The maximum Gasteiger partial charge on any atom is 0.416 e. The summed E-state index contributed by atoms with van der Waals surface area (Å²) >= 11 is 0. The first-order chi connectivity index (χ1) is 10.7. The van der Waals surface area contributed by atoms with Gasteiger partial charge in [-0.1, -0.05) is 18.2 Å². The zero-order valence-electron chi connectivity index (χ0n) is 13.1. The second kappa shape index (κ2) is 6.44. The number of carbonyl (C=O) groups is 1. The van der Waals surface area contributed by atoms with Crippen LogP contribution in [0.15, 0.2) is 30.5 Å². The van der Waals surface area contributed by atoms with Crippen molar-refractivity contribution in [3.05, 3.63) is 52.8 Å². The molecule has 0 aliphatic carbocycles. The second-order valence-electron chi connectivity index (χ2n) is 5.47. The number of aryl methyl sites for hydroxylation is 1. The van der Waals surface area contributed by atoms with Gasteiger partial charge in [0.25, 0.3) is 0 Å². The summed E-state index contributed by atoms with van der Waals surface area (Å²) in [5, 5.41) is 6.89. The Bertz CT molecular complexity index is 707. The van der Waals surface area contributed by atoms with E-state index in [4.69, 9.17) is 0 Å². The van der Waals surface area contributed by atoms with Gasteiger partial charge in [-0.25, -0.2) is 0 Å². The normalized spacial score (nSPS) is 13.0. The van der Waals surface area contributed by atoms with Crippen molar-refractivity contribution in [1.29, 1.82) is 0 Å². The van der Waals surface area contributed by atoms with Crippen LogP contribution >= 0.6 is 0 Å². The van der Waals surface area contributed by atoms with E-state index >= 15 is 0 Å². The molecule has 1 aromatic carbocycles. The average molecular weight is 325 g/mol. The number of amides is 1. The molecule has 0 saturated heterocycles. The number of hydrogen-bond donors (Lipinski definition) is 1. The Morgan fingerprint density at radius 1 is 1.39 bits per heavy atom. The molecular weight excluding hydrogens is 307 g/mol. The Balaban J connectivity index is 2.04. The van der Waals surface area contributed by atoms with Gasteiger partial charge in [0.1, 0.15) is 0 Å². The highest BCUT2D eigenvalue weighted by atomic mass is 19.4. The fraction of sp³-hybridized carbons (Fsp3) is 0.375. The van der Waals surface area contributed by atoms with Crippen LogP contribution in [-0.4, -0.2) is 15.7 Å². The number of carbonyl (C=O) groups excluding carboxylic acids is 1. The summed E-state index contributed by atoms with van der Waals surface area (Å²) in [5.74, 6) is -0.333. The summed E-state index contributed by atoms with van der Waals surface area (Å²) in [5.41, 5.74) is 1.38. The third kappa shape index (κ3) is 4.12. The Morgan fingerprint density at radius 3 is 2.65 bits per heavy atom. The van der Waals surface area contributed by atoms with Gasteiger partial charge in [-0.15, -0.1) is 0 Å². The Labute approximate surface area is 132 Å². The van der Waals surface area contributed by atoms with Gasteiger partial charge in [0, 0.05) is 18.3 Å². The summed E-state index contributed by atoms with van der Waals surface area (Å²) in [6, 6.07) is 4.54. The molecule has 0 spiro atoms. The lowest BCUT2D eigenvalue weighted by Crippen LogP contribution is -2.28. The van der Waals surface area contributed by atoms with E-state index in [1.165, 1.54) is 12.1 Å². The summed E-state index contributed by atoms with van der Waals surface area (Å²) in [4.78, 5) is 12.1. The Kier molecular flexibility index (Phi) is 4.77. The second-order valence-corrected chi connectivity index (χ2v) is 5.47. The first kappa shape index (κ1) is 17.1. The minimum atomic E-state index is -4.41. The summed E-state index contributed by atoms with van der Waals surface area (Å²) in [7, 11) is 1.80. The summed E-state index contributed by atoms with van der Waals surface area (Å²) in [6.45, 7) is 3.70. The van der Waals surface area contributed by atoms with Crippen LogP contribution in [-0.2, 0) is 24.4 Å². The molecule has 0 fully saturated rings. The predicted octanol–water partition coefficient (Wildman–Crippen LogP) is 3.17. The van der Waals surface area contributed by atoms with Gasteiger partial charge in [0.15, 0.2) is 0 Å². The van der Waals surface area contributed by atoms with Crippen LogP contribution in [0, 0.1) is 6.92 Å². The highest BCUT2D eigenvalue weighted by Crippen LogP contribution is 2.29. The quantitative estimate of drug-likeness (QED) is 0.938. The number of rotatable bonds is 4. The van der Waals surface area contributed by atoms with E-state index in [1.807, 2.05) is 13.8 Å². The molecular formula is C16H18F3N3O. The smallest absolute Gasteiger partial charge is 0.349 e. The lowest BCUT2D eigenvalue weighted by atomic mass is 10.1. The van der Waals surface area contributed by atoms with Crippen LogP contribution in [0.4, 0.5) is 13.2 Å². The maximum atomic E-state index is 12.7. The third-order valence-electron chi connectivity index (χ3n) is 3.74. The fourth-order valence-electron chi connectivity index (χ4n) is 2.35. The topological polar surface area (TPSA) is 46.9 Å². The highest BCUT2D eigenvalue weighted by Gasteiger charge is 2.30. The van der Waals surface area contributed by atoms with E-state index < -0.39 is 11.7 Å². The van der Waals surface area contributed by atoms with E-state index in [2.05, 4.69) is 10.4 Å². The molecule has 23 heavy (non-hydrogen) atoms. The lowest BCUT2D eigenvalue weighted by molar-refractivity contribution is -0.137. The van der Waals surface area contributed by atoms with Gasteiger partial charge in [-0.3, -0.25) is 9.48 Å². The molecule has 4 nitrogen and oxygen atoms in total. The number of nitrogens with one attached hydrogen (secondary N) is 1. The number of nitrogens with zero attached hydrogens (tertiary/aromatic N) is 2. The highest BCUT2D eigenvalue weighted by molar-refractivity contribution is 5.79. The van der Waals surface area contributed by atoms with Crippen LogP contribution in [0.5, 0.6) is 0 Å². The number of alkyl halides is 3. The Hall–Kier alpha value is -2.31. The molecule has 7 heteroatoms. The number of hydrogen-bond acceptors (Lipinski definition) is 2. The van der Waals surface area contributed by atoms with Crippen LogP contribution in [0.1, 0.15) is 35.3 Å². The first-order valence-corrected chi connectivity index (χ1v) is 7.12. The van der Waals surface area contributed by atoms with E-state index in [0.717, 1.165) is 23.4 Å². The van der Waals surface area contributed by atoms with E-state index in [0.29, 0.717) is 5.56 Å². The average Bonchev–Trinajstić information content (AvgIpc) is 2.78. The maximum absolute atomic E-state index is 12.7. The zero-order chi connectivity index (χ0) is 17.2. The van der Waals surface area contributed by atoms with E-state index in [-0.39, 0.29) is 18.4 Å². The van der Waals surface area contributed by atoms with Crippen molar-refractivity contribution in [1.82, 2.24) is 15.1 Å². The Morgan fingerprint density at radius 2 is 2.09 bits per heavy atom. The minimum absolute atomic E-state index is 0.104. The molecule has 1 heterocycles. The number of benzene rings is 1. The van der Waals surface area contributed by atoms with Crippen molar-refractivity contribution < 1.29 is 18.0 Å². The van der Waals surface area contributed by atoms with Gasteiger partial charge < -0.3 is 5.32 Å². The molecule has 0 aliphatic heterocycles. The molecule has 0 saturated carbocycles. The van der Waals surface area contributed by atoms with Crippen molar-refractivity contribution in [2.24, 2.45) is 7.05 Å². The molecule has 1 amide bonds. The van der Waals surface area contributed by atoms with Crippen molar-refractivity contribution in [3.8, 4) is 0 Å². The summed E-state index contributed by atoms with van der Waals surface area (Å²) in [6.07, 6.45) is -2.84. The van der Waals surface area contributed by atoms with Crippen molar-refractivity contribution in [3.63, 3.8) is 0 Å². The van der Waals surface area contributed by atoms with Crippen molar-refractivity contribution in [2.75, 3.05) is 0 Å². The molecule has 2 aromatic rings. The van der Waals surface area contributed by atoms with Crippen molar-refractivity contribution in [2.45, 2.75) is 32.5 Å². The van der Waals surface area contributed by atoms with Gasteiger partial charge in [-0.2, -0.15) is 18.3 Å². The van der Waals surface area contributed by atoms with Crippen LogP contribution in [0.3, 0.4) is 0 Å². The van der Waals surface area contributed by atoms with Crippen LogP contribution in [0.25, 0.3) is 0 Å². The van der Waals surface area contributed by atoms with Crippen LogP contribution in [0.2, 0.25) is 0 Å². The minimum Gasteiger partial charge on any atom is -0.349 e. The number of halogens is 3.